The minimum atomic E-state index is -0.450. The maximum absolute atomic E-state index is 14.5. The van der Waals surface area contributed by atoms with Crippen LogP contribution in [0.3, 0.4) is 0 Å². The first-order valence-electron chi connectivity index (χ1n) is 7.13. The van der Waals surface area contributed by atoms with E-state index < -0.39 is 5.54 Å². The van der Waals surface area contributed by atoms with Crippen molar-refractivity contribution in [2.24, 2.45) is 0 Å². The van der Waals surface area contributed by atoms with E-state index in [-0.39, 0.29) is 5.82 Å². The standard InChI is InChI=1S/C15H16BrFN4/c1-7-9(16)6-10(17)11-12(7)21-13(8-4-5-8)19-20-14(21)15(2,3)18-11/h6,8,18H,4-5H2,1-3H3. The first kappa shape index (κ1) is 13.2. The summed E-state index contributed by atoms with van der Waals surface area (Å²) in [6.07, 6.45) is 2.27. The number of benzene rings is 1. The van der Waals surface area contributed by atoms with Gasteiger partial charge in [-0.2, -0.15) is 0 Å². The molecule has 110 valence electrons. The molecule has 0 spiro atoms. The van der Waals surface area contributed by atoms with Gasteiger partial charge in [-0.1, -0.05) is 15.9 Å². The lowest BCUT2D eigenvalue weighted by atomic mass is 9.98. The van der Waals surface area contributed by atoms with Gasteiger partial charge in [-0.3, -0.25) is 4.57 Å². The third-order valence-electron chi connectivity index (χ3n) is 4.29. The quantitative estimate of drug-likeness (QED) is 0.844. The van der Waals surface area contributed by atoms with Crippen LogP contribution in [-0.4, -0.2) is 14.8 Å². The minimum absolute atomic E-state index is 0.253. The van der Waals surface area contributed by atoms with Gasteiger partial charge in [-0.25, -0.2) is 4.39 Å². The monoisotopic (exact) mass is 350 g/mol. The van der Waals surface area contributed by atoms with Crippen LogP contribution in [-0.2, 0) is 5.54 Å². The second-order valence-corrected chi connectivity index (χ2v) is 7.28. The van der Waals surface area contributed by atoms with Crippen molar-refractivity contribution in [2.45, 2.75) is 45.1 Å². The van der Waals surface area contributed by atoms with E-state index in [4.69, 9.17) is 0 Å². The van der Waals surface area contributed by atoms with Gasteiger partial charge in [0, 0.05) is 10.4 Å². The molecule has 1 N–H and O–H groups in total. The topological polar surface area (TPSA) is 42.7 Å². The highest BCUT2D eigenvalue weighted by atomic mass is 79.9. The zero-order chi connectivity index (χ0) is 14.9. The second kappa shape index (κ2) is 4.06. The van der Waals surface area contributed by atoms with Crippen molar-refractivity contribution in [1.82, 2.24) is 14.8 Å². The van der Waals surface area contributed by atoms with Crippen molar-refractivity contribution in [3.63, 3.8) is 0 Å². The molecule has 2 aromatic rings. The molecule has 0 unspecified atom stereocenters. The lowest BCUT2D eigenvalue weighted by molar-refractivity contribution is 0.520. The van der Waals surface area contributed by atoms with Gasteiger partial charge in [0.05, 0.1) is 16.9 Å². The van der Waals surface area contributed by atoms with Crippen molar-refractivity contribution >= 4 is 21.6 Å². The Morgan fingerprint density at radius 3 is 2.76 bits per heavy atom. The van der Waals surface area contributed by atoms with Crippen LogP contribution in [0.4, 0.5) is 10.1 Å². The predicted octanol–water partition coefficient (Wildman–Crippen LogP) is 4.02. The van der Waals surface area contributed by atoms with E-state index >= 15 is 0 Å². The number of rotatable bonds is 1. The molecule has 1 aromatic carbocycles. The van der Waals surface area contributed by atoms with Crippen LogP contribution >= 0.6 is 15.9 Å². The first-order chi connectivity index (χ1) is 9.90. The molecule has 4 nitrogen and oxygen atoms in total. The highest BCUT2D eigenvalue weighted by Crippen LogP contribution is 2.46. The van der Waals surface area contributed by atoms with Crippen molar-refractivity contribution in [1.29, 1.82) is 0 Å². The second-order valence-electron chi connectivity index (χ2n) is 6.43. The summed E-state index contributed by atoms with van der Waals surface area (Å²) in [5, 5.41) is 12.1. The molecular weight excluding hydrogens is 335 g/mol. The number of anilines is 1. The third kappa shape index (κ3) is 1.78. The molecule has 0 radical (unpaired) electrons. The zero-order valence-electron chi connectivity index (χ0n) is 12.2. The van der Waals surface area contributed by atoms with Gasteiger partial charge in [0.25, 0.3) is 0 Å². The van der Waals surface area contributed by atoms with E-state index in [0.717, 1.165) is 40.2 Å². The van der Waals surface area contributed by atoms with Gasteiger partial charge in [-0.15, -0.1) is 10.2 Å². The van der Waals surface area contributed by atoms with Gasteiger partial charge in [-0.05, 0) is 45.2 Å². The van der Waals surface area contributed by atoms with Gasteiger partial charge in [0.15, 0.2) is 5.82 Å². The normalized spacial score (nSPS) is 18.9. The van der Waals surface area contributed by atoms with Crippen LogP contribution in [0.15, 0.2) is 10.5 Å². The van der Waals surface area contributed by atoms with E-state index in [9.17, 15) is 4.39 Å². The average molecular weight is 351 g/mol. The Hall–Kier alpha value is -1.43. The maximum atomic E-state index is 14.5. The fourth-order valence-corrected chi connectivity index (χ4v) is 3.39. The molecule has 1 aliphatic heterocycles. The molecule has 21 heavy (non-hydrogen) atoms. The fraction of sp³-hybridized carbons (Fsp3) is 0.467. The average Bonchev–Trinajstić information content (AvgIpc) is 3.15. The Morgan fingerprint density at radius 1 is 1.38 bits per heavy atom. The van der Waals surface area contributed by atoms with Gasteiger partial charge in [0.1, 0.15) is 11.6 Å². The summed E-state index contributed by atoms with van der Waals surface area (Å²) in [7, 11) is 0. The van der Waals surface area contributed by atoms with Gasteiger partial charge >= 0.3 is 0 Å². The Kier molecular flexibility index (Phi) is 2.56. The molecule has 0 bridgehead atoms. The minimum Gasteiger partial charge on any atom is -0.369 e. The van der Waals surface area contributed by atoms with E-state index in [1.165, 1.54) is 6.07 Å². The van der Waals surface area contributed by atoms with Crippen LogP contribution < -0.4 is 5.32 Å². The van der Waals surface area contributed by atoms with Crippen molar-refractivity contribution in [3.8, 4) is 5.69 Å². The number of halogens is 2. The Labute approximate surface area is 130 Å². The van der Waals surface area contributed by atoms with Crippen molar-refractivity contribution < 1.29 is 4.39 Å². The lowest BCUT2D eigenvalue weighted by Crippen LogP contribution is -2.37. The number of hydrogen-bond acceptors (Lipinski definition) is 3. The molecule has 4 rings (SSSR count). The molecule has 0 saturated heterocycles. The smallest absolute Gasteiger partial charge is 0.162 e. The third-order valence-corrected chi connectivity index (χ3v) is 5.12. The zero-order valence-corrected chi connectivity index (χ0v) is 13.8. The summed E-state index contributed by atoms with van der Waals surface area (Å²) < 4.78 is 17.3. The highest BCUT2D eigenvalue weighted by Gasteiger charge is 2.40. The number of hydrogen-bond donors (Lipinski definition) is 1. The number of aromatic nitrogens is 3. The molecule has 1 saturated carbocycles. The van der Waals surface area contributed by atoms with Crippen LogP contribution in [0.2, 0.25) is 0 Å². The molecule has 1 fully saturated rings. The first-order valence-corrected chi connectivity index (χ1v) is 7.92. The van der Waals surface area contributed by atoms with Crippen molar-refractivity contribution in [3.05, 3.63) is 33.6 Å². The largest absolute Gasteiger partial charge is 0.369 e. The predicted molar refractivity (Wildman–Crippen MR) is 82.4 cm³/mol. The van der Waals surface area contributed by atoms with E-state index in [1.54, 1.807) is 0 Å². The van der Waals surface area contributed by atoms with E-state index in [2.05, 4.69) is 36.0 Å². The molecule has 2 heterocycles. The summed E-state index contributed by atoms with van der Waals surface area (Å²) in [6.45, 7) is 6.00. The Morgan fingerprint density at radius 2 is 2.10 bits per heavy atom. The van der Waals surface area contributed by atoms with E-state index in [0.29, 0.717) is 11.6 Å². The van der Waals surface area contributed by atoms with Crippen LogP contribution in [0.5, 0.6) is 0 Å². The number of nitrogens with zero attached hydrogens (tertiary/aromatic N) is 3. The van der Waals surface area contributed by atoms with Crippen molar-refractivity contribution in [2.75, 3.05) is 5.32 Å². The summed E-state index contributed by atoms with van der Waals surface area (Å²) in [6, 6.07) is 1.52. The summed E-state index contributed by atoms with van der Waals surface area (Å²) in [4.78, 5) is 0. The molecule has 1 aliphatic carbocycles. The van der Waals surface area contributed by atoms with E-state index in [1.807, 2.05) is 20.8 Å². The number of nitrogens with one attached hydrogen (secondary N) is 1. The van der Waals surface area contributed by atoms with Gasteiger partial charge < -0.3 is 5.32 Å². The maximum Gasteiger partial charge on any atom is 0.162 e. The Balaban J connectivity index is 2.09. The molecule has 2 aliphatic rings. The molecule has 0 atom stereocenters. The molecule has 1 aromatic heterocycles. The summed E-state index contributed by atoms with van der Waals surface area (Å²) >= 11 is 3.45. The Bertz CT molecular complexity index is 762. The highest BCUT2D eigenvalue weighted by molar-refractivity contribution is 9.10. The SMILES string of the molecule is Cc1c(Br)cc(F)c2c1-n1c(C3CC3)nnc1C(C)(C)N2. The fourth-order valence-electron chi connectivity index (χ4n) is 3.00. The summed E-state index contributed by atoms with van der Waals surface area (Å²) in [5.41, 5.74) is 1.92. The molecular formula is C15H16BrFN4. The summed E-state index contributed by atoms with van der Waals surface area (Å²) in [5.74, 6) is 2.00. The molecule has 6 heteroatoms. The van der Waals surface area contributed by atoms with Crippen LogP contribution in [0.1, 0.15) is 49.8 Å². The van der Waals surface area contributed by atoms with Crippen LogP contribution in [0.25, 0.3) is 5.69 Å². The lowest BCUT2D eigenvalue weighted by Gasteiger charge is -2.35. The van der Waals surface area contributed by atoms with Gasteiger partial charge in [0.2, 0.25) is 0 Å². The number of fused-ring (bicyclic) bond motifs is 3. The van der Waals surface area contributed by atoms with Crippen LogP contribution in [0, 0.1) is 12.7 Å². The molecule has 0 amide bonds.